The minimum Gasteiger partial charge on any atom is -0.497 e. The van der Waals surface area contributed by atoms with Crippen molar-refractivity contribution in [1.82, 2.24) is 5.32 Å². The summed E-state index contributed by atoms with van der Waals surface area (Å²) in [6.45, 7) is 5.57. The quantitative estimate of drug-likeness (QED) is 0.884. The molecule has 2 aromatic carbocycles. The van der Waals surface area contributed by atoms with E-state index in [2.05, 4.69) is 5.32 Å². The fraction of sp³-hybridized carbons (Fsp3) is 0.263. The van der Waals surface area contributed by atoms with Crippen molar-refractivity contribution < 1.29 is 19.4 Å². The number of carbonyl (C=O) groups is 2. The van der Waals surface area contributed by atoms with Gasteiger partial charge in [-0.15, -0.1) is 0 Å². The summed E-state index contributed by atoms with van der Waals surface area (Å²) in [4.78, 5) is 24.1. The zero-order valence-electron chi connectivity index (χ0n) is 14.2. The summed E-state index contributed by atoms with van der Waals surface area (Å²) in [6.07, 6.45) is 0. The van der Waals surface area contributed by atoms with Crippen LogP contribution in [-0.4, -0.2) is 24.1 Å². The average molecular weight is 327 g/mol. The van der Waals surface area contributed by atoms with E-state index >= 15 is 0 Å². The maximum absolute atomic E-state index is 12.5. The lowest BCUT2D eigenvalue weighted by atomic mass is 10.0. The van der Waals surface area contributed by atoms with Gasteiger partial charge in [0.25, 0.3) is 5.91 Å². The predicted octanol–water partition coefficient (Wildman–Crippen LogP) is 3.18. The highest BCUT2D eigenvalue weighted by molar-refractivity contribution is 5.98. The van der Waals surface area contributed by atoms with Gasteiger partial charge in [0.1, 0.15) is 5.75 Å². The zero-order valence-corrected chi connectivity index (χ0v) is 14.2. The number of rotatable bonds is 5. The fourth-order valence-corrected chi connectivity index (χ4v) is 2.69. The van der Waals surface area contributed by atoms with Crippen LogP contribution in [0.2, 0.25) is 0 Å². The summed E-state index contributed by atoms with van der Waals surface area (Å²) in [5.41, 5.74) is 3.60. The molecule has 2 aromatic rings. The first-order chi connectivity index (χ1) is 11.3. The molecule has 1 amide bonds. The van der Waals surface area contributed by atoms with E-state index in [9.17, 15) is 14.7 Å². The Morgan fingerprint density at radius 2 is 1.67 bits per heavy atom. The molecule has 24 heavy (non-hydrogen) atoms. The van der Waals surface area contributed by atoms with Gasteiger partial charge >= 0.3 is 5.97 Å². The predicted molar refractivity (Wildman–Crippen MR) is 91.5 cm³/mol. The molecule has 0 saturated carbocycles. The number of hydrogen-bond acceptors (Lipinski definition) is 3. The summed E-state index contributed by atoms with van der Waals surface area (Å²) in [5.74, 6) is -0.880. The topological polar surface area (TPSA) is 75.6 Å². The van der Waals surface area contributed by atoms with Crippen molar-refractivity contribution in [2.24, 2.45) is 0 Å². The number of benzene rings is 2. The second kappa shape index (κ2) is 7.17. The molecule has 2 rings (SSSR count). The molecular formula is C19H21NO4. The van der Waals surface area contributed by atoms with Gasteiger partial charge in [-0.25, -0.2) is 4.79 Å². The van der Waals surface area contributed by atoms with Crippen molar-refractivity contribution >= 4 is 11.9 Å². The Labute approximate surface area is 141 Å². The van der Waals surface area contributed by atoms with Crippen LogP contribution >= 0.6 is 0 Å². The zero-order chi connectivity index (χ0) is 17.9. The number of ether oxygens (including phenoxy) is 1. The first-order valence-electron chi connectivity index (χ1n) is 7.58. The number of carbonyl (C=O) groups excluding carboxylic acids is 1. The number of aliphatic carboxylic acids is 1. The monoisotopic (exact) mass is 327 g/mol. The van der Waals surface area contributed by atoms with Crippen molar-refractivity contribution in [3.05, 3.63) is 64.2 Å². The number of carboxylic acid groups (broad SMARTS) is 1. The van der Waals surface area contributed by atoms with E-state index in [4.69, 9.17) is 4.74 Å². The maximum atomic E-state index is 12.5. The molecule has 5 nitrogen and oxygen atoms in total. The summed E-state index contributed by atoms with van der Waals surface area (Å²) >= 11 is 0. The van der Waals surface area contributed by atoms with E-state index in [0.717, 1.165) is 16.7 Å². The Balaban J connectivity index is 2.31. The van der Waals surface area contributed by atoms with Crippen LogP contribution in [-0.2, 0) is 4.79 Å². The van der Waals surface area contributed by atoms with Gasteiger partial charge in [-0.1, -0.05) is 29.3 Å². The second-order valence-electron chi connectivity index (χ2n) is 5.85. The average Bonchev–Trinajstić information content (AvgIpc) is 2.50. The number of aryl methyl sites for hydroxylation is 3. The van der Waals surface area contributed by atoms with E-state index < -0.39 is 17.9 Å². The van der Waals surface area contributed by atoms with E-state index in [-0.39, 0.29) is 0 Å². The summed E-state index contributed by atoms with van der Waals surface area (Å²) < 4.78 is 5.12. The molecule has 2 N–H and O–H groups in total. The number of amides is 1. The van der Waals surface area contributed by atoms with Crippen LogP contribution in [0.5, 0.6) is 5.75 Å². The molecule has 1 unspecified atom stereocenters. The van der Waals surface area contributed by atoms with Gasteiger partial charge in [0.05, 0.1) is 7.11 Å². The van der Waals surface area contributed by atoms with E-state index in [1.54, 1.807) is 44.4 Å². The van der Waals surface area contributed by atoms with Crippen LogP contribution in [0.25, 0.3) is 0 Å². The third kappa shape index (κ3) is 3.93. The van der Waals surface area contributed by atoms with Crippen LogP contribution in [0, 0.1) is 20.8 Å². The highest BCUT2D eigenvalue weighted by Crippen LogP contribution is 2.20. The Hall–Kier alpha value is -2.82. The highest BCUT2D eigenvalue weighted by atomic mass is 16.5. The largest absolute Gasteiger partial charge is 0.497 e. The molecule has 0 aliphatic rings. The van der Waals surface area contributed by atoms with Crippen molar-refractivity contribution in [1.29, 1.82) is 0 Å². The third-order valence-corrected chi connectivity index (χ3v) is 3.78. The van der Waals surface area contributed by atoms with Gasteiger partial charge in [0.2, 0.25) is 0 Å². The summed E-state index contributed by atoms with van der Waals surface area (Å²) in [5, 5.41) is 12.1. The molecule has 0 aliphatic heterocycles. The van der Waals surface area contributed by atoms with Crippen LogP contribution in [0.15, 0.2) is 36.4 Å². The number of methoxy groups -OCH3 is 1. The first kappa shape index (κ1) is 17.5. The molecule has 0 spiro atoms. The van der Waals surface area contributed by atoms with E-state index in [0.29, 0.717) is 16.9 Å². The van der Waals surface area contributed by atoms with Gasteiger partial charge < -0.3 is 15.2 Å². The molecule has 0 bridgehead atoms. The normalized spacial score (nSPS) is 11.7. The summed E-state index contributed by atoms with van der Waals surface area (Å²) in [7, 11) is 1.55. The van der Waals surface area contributed by atoms with Gasteiger partial charge in [0, 0.05) is 5.56 Å². The molecule has 5 heteroatoms. The molecule has 0 heterocycles. The lowest BCUT2D eigenvalue weighted by molar-refractivity contribution is -0.139. The van der Waals surface area contributed by atoms with Gasteiger partial charge in [-0.2, -0.15) is 0 Å². The molecule has 126 valence electrons. The minimum absolute atomic E-state index is 0.423. The van der Waals surface area contributed by atoms with E-state index in [1.165, 1.54) is 0 Å². The van der Waals surface area contributed by atoms with Gasteiger partial charge in [0.15, 0.2) is 6.04 Å². The molecule has 0 saturated heterocycles. The molecule has 0 fully saturated rings. The van der Waals surface area contributed by atoms with Crippen LogP contribution < -0.4 is 10.1 Å². The smallest absolute Gasteiger partial charge is 0.330 e. The lowest BCUT2D eigenvalue weighted by Gasteiger charge is -2.17. The number of carboxylic acids is 1. The Morgan fingerprint density at radius 1 is 1.04 bits per heavy atom. The number of hydrogen-bond donors (Lipinski definition) is 2. The second-order valence-corrected chi connectivity index (χ2v) is 5.85. The Kier molecular flexibility index (Phi) is 5.24. The van der Waals surface area contributed by atoms with Crippen molar-refractivity contribution in [3.63, 3.8) is 0 Å². The molecule has 0 aromatic heterocycles. The number of nitrogens with one attached hydrogen (secondary N) is 1. The van der Waals surface area contributed by atoms with Crippen molar-refractivity contribution in [3.8, 4) is 5.75 Å². The van der Waals surface area contributed by atoms with Crippen LogP contribution in [0.3, 0.4) is 0 Å². The molecule has 0 radical (unpaired) electrons. The molecular weight excluding hydrogens is 306 g/mol. The standard InChI is InChI=1S/C19H21NO4/c1-11-7-12(2)9-14(8-11)17(19(22)23)20-18(21)16-6-5-15(24-4)10-13(16)3/h5-10,17H,1-4H3,(H,20,21)(H,22,23). The van der Waals surface area contributed by atoms with Gasteiger partial charge in [-0.05, 0) is 50.1 Å². The fourth-order valence-electron chi connectivity index (χ4n) is 2.69. The van der Waals surface area contributed by atoms with Crippen molar-refractivity contribution in [2.75, 3.05) is 7.11 Å². The Morgan fingerprint density at radius 3 is 2.17 bits per heavy atom. The van der Waals surface area contributed by atoms with E-state index in [1.807, 2.05) is 19.9 Å². The lowest BCUT2D eigenvalue weighted by Crippen LogP contribution is -2.34. The first-order valence-corrected chi connectivity index (χ1v) is 7.58. The SMILES string of the molecule is COc1ccc(C(=O)NC(C(=O)O)c2cc(C)cc(C)c2)c(C)c1. The van der Waals surface area contributed by atoms with Crippen molar-refractivity contribution in [2.45, 2.75) is 26.8 Å². The molecule has 0 aliphatic carbocycles. The highest BCUT2D eigenvalue weighted by Gasteiger charge is 2.24. The van der Waals surface area contributed by atoms with Crippen LogP contribution in [0.4, 0.5) is 0 Å². The molecule has 1 atom stereocenters. The minimum atomic E-state index is -1.10. The Bertz CT molecular complexity index is 763. The third-order valence-electron chi connectivity index (χ3n) is 3.78. The summed E-state index contributed by atoms with van der Waals surface area (Å²) in [6, 6.07) is 9.44. The maximum Gasteiger partial charge on any atom is 0.330 e. The van der Waals surface area contributed by atoms with Crippen LogP contribution in [0.1, 0.15) is 38.7 Å². The van der Waals surface area contributed by atoms with Gasteiger partial charge in [-0.3, -0.25) is 4.79 Å².